The topological polar surface area (TPSA) is 89.0 Å². The predicted octanol–water partition coefficient (Wildman–Crippen LogP) is 0.671. The van der Waals surface area contributed by atoms with E-state index in [2.05, 4.69) is 25.3 Å². The standard InChI is InChI=1S/C18H23N7O2/c1-19-21-16-9-13(5-8-24(16)12-26)25-11-22(2)15-10-14(20-17(15)25)18(27)23-6-3-4-7-23/h5,8-10,12,19-20H,3-4,6-7,11H2,1-2H3/b21-16-. The van der Waals surface area contributed by atoms with Crippen LogP contribution in [0.5, 0.6) is 0 Å². The molecule has 9 heteroatoms. The van der Waals surface area contributed by atoms with Crippen LogP contribution in [0.15, 0.2) is 29.5 Å². The fraction of sp³-hybridized carbons (Fsp3) is 0.389. The van der Waals surface area contributed by atoms with Gasteiger partial charge in [0.05, 0.1) is 12.4 Å². The van der Waals surface area contributed by atoms with Gasteiger partial charge in [-0.25, -0.2) is 0 Å². The van der Waals surface area contributed by atoms with E-state index in [-0.39, 0.29) is 5.91 Å². The number of fused-ring (bicyclic) bond motifs is 1. The van der Waals surface area contributed by atoms with Gasteiger partial charge in [-0.15, -0.1) is 0 Å². The number of hydrogen-bond donors (Lipinski definition) is 2. The summed E-state index contributed by atoms with van der Waals surface area (Å²) in [7, 11) is 3.68. The molecule has 2 aromatic rings. The molecule has 0 spiro atoms. The minimum atomic E-state index is 0.0491. The minimum absolute atomic E-state index is 0.0491. The van der Waals surface area contributed by atoms with Gasteiger partial charge >= 0.3 is 0 Å². The Morgan fingerprint density at radius 2 is 2.07 bits per heavy atom. The van der Waals surface area contributed by atoms with Crippen LogP contribution in [0.25, 0.3) is 0 Å². The van der Waals surface area contributed by atoms with Crippen LogP contribution >= 0.6 is 0 Å². The molecular weight excluding hydrogens is 346 g/mol. The summed E-state index contributed by atoms with van der Waals surface area (Å²) in [6, 6.07) is 5.61. The van der Waals surface area contributed by atoms with Gasteiger partial charge in [-0.1, -0.05) is 0 Å². The first kappa shape index (κ1) is 17.2. The largest absolute Gasteiger partial charge is 0.354 e. The lowest BCUT2D eigenvalue weighted by Gasteiger charge is -2.20. The average Bonchev–Trinajstić information content (AvgIpc) is 3.40. The molecule has 4 rings (SSSR count). The Labute approximate surface area is 156 Å². The summed E-state index contributed by atoms with van der Waals surface area (Å²) in [5, 5.41) is 4.14. The van der Waals surface area contributed by atoms with E-state index in [0.29, 0.717) is 24.3 Å². The number of hydrogen-bond acceptors (Lipinski definition) is 6. The number of nitrogens with zero attached hydrogens (tertiary/aromatic N) is 5. The monoisotopic (exact) mass is 369 g/mol. The van der Waals surface area contributed by atoms with Crippen molar-refractivity contribution in [2.24, 2.45) is 5.10 Å². The first-order chi connectivity index (χ1) is 13.1. The third-order valence-electron chi connectivity index (χ3n) is 5.03. The Hall–Kier alpha value is -3.23. The van der Waals surface area contributed by atoms with Gasteiger partial charge in [-0.2, -0.15) is 5.10 Å². The zero-order valence-electron chi connectivity index (χ0n) is 15.5. The summed E-state index contributed by atoms with van der Waals surface area (Å²) in [4.78, 5) is 33.3. The molecule has 4 heterocycles. The van der Waals surface area contributed by atoms with Gasteiger partial charge in [0, 0.05) is 45.1 Å². The summed E-state index contributed by atoms with van der Waals surface area (Å²) in [6.07, 6.45) is 4.52. The lowest BCUT2D eigenvalue weighted by molar-refractivity contribution is 0.0788. The minimum Gasteiger partial charge on any atom is -0.354 e. The van der Waals surface area contributed by atoms with Crippen molar-refractivity contribution in [3.63, 3.8) is 0 Å². The maximum Gasteiger partial charge on any atom is 0.270 e. The third-order valence-corrected chi connectivity index (χ3v) is 5.03. The van der Waals surface area contributed by atoms with Crippen LogP contribution in [0, 0.1) is 0 Å². The molecule has 0 radical (unpaired) electrons. The van der Waals surface area contributed by atoms with Crippen LogP contribution < -0.4 is 20.7 Å². The highest BCUT2D eigenvalue weighted by atomic mass is 16.2. The van der Waals surface area contributed by atoms with Crippen LogP contribution in [0.1, 0.15) is 23.3 Å². The highest BCUT2D eigenvalue weighted by Crippen LogP contribution is 2.39. The van der Waals surface area contributed by atoms with Crippen LogP contribution in [0.4, 0.5) is 17.2 Å². The van der Waals surface area contributed by atoms with Gasteiger partial charge in [-0.05, 0) is 25.0 Å². The molecule has 2 aliphatic rings. The molecule has 0 saturated carbocycles. The van der Waals surface area contributed by atoms with Crippen molar-refractivity contribution in [2.75, 3.05) is 43.7 Å². The number of anilines is 3. The molecule has 142 valence electrons. The van der Waals surface area contributed by atoms with E-state index in [1.165, 1.54) is 4.57 Å². The number of aromatic amines is 1. The molecular formula is C18H23N7O2. The molecule has 0 aliphatic carbocycles. The number of rotatable bonds is 4. The molecule has 1 amide bonds. The molecule has 0 bridgehead atoms. The first-order valence-corrected chi connectivity index (χ1v) is 9.01. The Balaban J connectivity index is 1.70. The van der Waals surface area contributed by atoms with Crippen molar-refractivity contribution in [1.82, 2.24) is 19.9 Å². The highest BCUT2D eigenvalue weighted by Gasteiger charge is 2.30. The lowest BCUT2D eigenvalue weighted by atomic mass is 10.3. The Morgan fingerprint density at radius 1 is 1.30 bits per heavy atom. The number of carbonyl (C=O) groups excluding carboxylic acids is 2. The summed E-state index contributed by atoms with van der Waals surface area (Å²) < 4.78 is 1.40. The number of nitrogens with one attached hydrogen (secondary N) is 2. The molecule has 2 aromatic heterocycles. The van der Waals surface area contributed by atoms with Crippen molar-refractivity contribution in [3.8, 4) is 0 Å². The summed E-state index contributed by atoms with van der Waals surface area (Å²) in [6.45, 7) is 2.28. The Bertz CT molecular complexity index is 939. The number of pyridine rings is 1. The quantitative estimate of drug-likeness (QED) is 0.611. The van der Waals surface area contributed by atoms with Crippen molar-refractivity contribution in [2.45, 2.75) is 12.8 Å². The number of aromatic nitrogens is 2. The van der Waals surface area contributed by atoms with E-state index in [9.17, 15) is 9.59 Å². The van der Waals surface area contributed by atoms with Crippen molar-refractivity contribution < 1.29 is 9.59 Å². The summed E-state index contributed by atoms with van der Waals surface area (Å²) >= 11 is 0. The first-order valence-electron chi connectivity index (χ1n) is 9.01. The number of amides is 1. The molecule has 1 fully saturated rings. The number of carbonyl (C=O) groups is 2. The number of H-pyrrole nitrogens is 1. The summed E-state index contributed by atoms with van der Waals surface area (Å²) in [5.74, 6) is 0.923. The molecule has 1 saturated heterocycles. The Kier molecular flexibility index (Phi) is 4.35. The maximum absolute atomic E-state index is 12.7. The van der Waals surface area contributed by atoms with Crippen LogP contribution in [-0.4, -0.2) is 60.6 Å². The van der Waals surface area contributed by atoms with E-state index < -0.39 is 0 Å². The van der Waals surface area contributed by atoms with Crippen LogP contribution in [0.3, 0.4) is 0 Å². The van der Waals surface area contributed by atoms with E-state index in [4.69, 9.17) is 0 Å². The second kappa shape index (κ2) is 6.82. The normalized spacial score (nSPS) is 16.8. The zero-order valence-corrected chi connectivity index (χ0v) is 15.5. The van der Waals surface area contributed by atoms with Crippen molar-refractivity contribution in [1.29, 1.82) is 0 Å². The fourth-order valence-corrected chi connectivity index (χ4v) is 3.65. The molecule has 2 N–H and O–H groups in total. The fourth-order valence-electron chi connectivity index (χ4n) is 3.65. The third kappa shape index (κ3) is 2.94. The summed E-state index contributed by atoms with van der Waals surface area (Å²) in [5.41, 5.74) is 5.69. The molecule has 27 heavy (non-hydrogen) atoms. The van der Waals surface area contributed by atoms with Gasteiger partial charge in [0.15, 0.2) is 5.49 Å². The molecule has 9 nitrogen and oxygen atoms in total. The van der Waals surface area contributed by atoms with Gasteiger partial charge in [-0.3, -0.25) is 14.2 Å². The van der Waals surface area contributed by atoms with E-state index in [1.54, 1.807) is 13.2 Å². The van der Waals surface area contributed by atoms with Crippen LogP contribution in [0.2, 0.25) is 0 Å². The molecule has 2 aliphatic heterocycles. The average molecular weight is 369 g/mol. The molecule has 0 atom stereocenters. The zero-order chi connectivity index (χ0) is 19.0. The predicted molar refractivity (Wildman–Crippen MR) is 103 cm³/mol. The van der Waals surface area contributed by atoms with Gasteiger partial charge in [0.25, 0.3) is 5.91 Å². The van der Waals surface area contributed by atoms with Gasteiger partial charge in [0.2, 0.25) is 6.41 Å². The van der Waals surface area contributed by atoms with Gasteiger partial charge in [0.1, 0.15) is 11.5 Å². The molecule has 0 unspecified atom stereocenters. The molecule has 0 aromatic carbocycles. The van der Waals surface area contributed by atoms with Crippen molar-refractivity contribution >= 4 is 29.5 Å². The van der Waals surface area contributed by atoms with E-state index in [1.807, 2.05) is 30.1 Å². The Morgan fingerprint density at radius 3 is 2.78 bits per heavy atom. The van der Waals surface area contributed by atoms with Gasteiger partial charge < -0.3 is 25.1 Å². The SMILES string of the molecule is CN/N=c1/cc(N2CN(C)c3cc(C(=O)N4CCCC4)[nH]c32)ccn1C=O. The lowest BCUT2D eigenvalue weighted by Crippen LogP contribution is -2.30. The highest BCUT2D eigenvalue weighted by molar-refractivity contribution is 5.97. The maximum atomic E-state index is 12.7. The second-order valence-corrected chi connectivity index (χ2v) is 6.77. The van der Waals surface area contributed by atoms with E-state index in [0.717, 1.165) is 43.1 Å². The smallest absolute Gasteiger partial charge is 0.270 e. The second-order valence-electron chi connectivity index (χ2n) is 6.77. The number of likely N-dealkylation sites (tertiary alicyclic amines) is 1. The van der Waals surface area contributed by atoms with Crippen LogP contribution in [-0.2, 0) is 4.79 Å². The van der Waals surface area contributed by atoms with E-state index >= 15 is 0 Å². The van der Waals surface area contributed by atoms with Crippen molar-refractivity contribution in [3.05, 3.63) is 35.6 Å².